The largest absolute Gasteiger partial charge is 0.335 e. The molecule has 156 valence electrons. The molecule has 1 aromatic heterocycles. The fourth-order valence-electron chi connectivity index (χ4n) is 3.36. The van der Waals surface area contributed by atoms with Gasteiger partial charge in [-0.1, -0.05) is 18.2 Å². The Morgan fingerprint density at radius 1 is 0.967 bits per heavy atom. The van der Waals surface area contributed by atoms with Gasteiger partial charge < -0.3 is 4.90 Å². The summed E-state index contributed by atoms with van der Waals surface area (Å²) in [6.07, 6.45) is 3.01. The van der Waals surface area contributed by atoms with Gasteiger partial charge in [0.1, 0.15) is 22.2 Å². The number of halogens is 2. The van der Waals surface area contributed by atoms with Crippen LogP contribution in [0.15, 0.2) is 66.0 Å². The minimum absolute atomic E-state index is 0.00433. The minimum atomic E-state index is -4.13. The van der Waals surface area contributed by atoms with Gasteiger partial charge in [-0.25, -0.2) is 22.2 Å². The molecule has 1 aliphatic heterocycles. The van der Waals surface area contributed by atoms with Gasteiger partial charge in [0, 0.05) is 37.9 Å². The molecule has 0 bridgehead atoms. The van der Waals surface area contributed by atoms with Crippen LogP contribution in [-0.4, -0.2) is 59.3 Å². The molecule has 0 N–H and O–H groups in total. The second-order valence-corrected chi connectivity index (χ2v) is 8.66. The van der Waals surface area contributed by atoms with Crippen LogP contribution >= 0.6 is 0 Å². The maximum absolute atomic E-state index is 14.0. The van der Waals surface area contributed by atoms with Crippen molar-refractivity contribution in [2.45, 2.75) is 4.90 Å². The average Bonchev–Trinajstić information content (AvgIpc) is 3.23. The molecule has 1 amide bonds. The standard InChI is InChI=1S/C20H18F2N4O3S/c21-15-6-7-19(17(22)12-15)30(28,29)25-10-8-24(9-11-25)20(27)18-13-23-14-26(18)16-4-2-1-3-5-16/h1-7,12-14H,8-11H2. The molecule has 0 spiro atoms. The van der Waals surface area contributed by atoms with E-state index in [2.05, 4.69) is 4.98 Å². The Balaban J connectivity index is 1.49. The molecule has 0 radical (unpaired) electrons. The van der Waals surface area contributed by atoms with Gasteiger partial charge in [-0.15, -0.1) is 0 Å². The monoisotopic (exact) mass is 432 g/mol. The summed E-state index contributed by atoms with van der Waals surface area (Å²) in [6, 6.07) is 11.6. The molecule has 7 nitrogen and oxygen atoms in total. The maximum atomic E-state index is 14.0. The van der Waals surface area contributed by atoms with Crippen molar-refractivity contribution >= 4 is 15.9 Å². The quantitative estimate of drug-likeness (QED) is 0.634. The van der Waals surface area contributed by atoms with Crippen molar-refractivity contribution < 1.29 is 22.0 Å². The lowest BCUT2D eigenvalue weighted by molar-refractivity contribution is 0.0689. The van der Waals surface area contributed by atoms with Crippen molar-refractivity contribution in [2.24, 2.45) is 0 Å². The molecule has 4 rings (SSSR count). The van der Waals surface area contributed by atoms with Crippen molar-refractivity contribution in [3.05, 3.63) is 78.4 Å². The predicted molar refractivity (Wildman–Crippen MR) is 105 cm³/mol. The lowest BCUT2D eigenvalue weighted by Gasteiger charge is -2.34. The number of amides is 1. The second-order valence-electron chi connectivity index (χ2n) is 6.76. The third-order valence-electron chi connectivity index (χ3n) is 4.93. The molecule has 2 aromatic carbocycles. The van der Waals surface area contributed by atoms with Gasteiger partial charge in [0.05, 0.1) is 12.5 Å². The third-order valence-corrected chi connectivity index (χ3v) is 6.86. The Kier molecular flexibility index (Phi) is 5.35. The van der Waals surface area contributed by atoms with Crippen LogP contribution in [0.25, 0.3) is 5.69 Å². The third kappa shape index (κ3) is 3.71. The number of sulfonamides is 1. The molecular formula is C20H18F2N4O3S. The molecule has 0 saturated carbocycles. The van der Waals surface area contributed by atoms with Crippen molar-refractivity contribution in [3.8, 4) is 5.69 Å². The van der Waals surface area contributed by atoms with Crippen molar-refractivity contribution in [1.82, 2.24) is 18.8 Å². The zero-order valence-electron chi connectivity index (χ0n) is 15.8. The van der Waals surface area contributed by atoms with E-state index in [4.69, 9.17) is 0 Å². The molecule has 10 heteroatoms. The van der Waals surface area contributed by atoms with Gasteiger partial charge in [0.25, 0.3) is 5.91 Å². The van der Waals surface area contributed by atoms with E-state index in [0.717, 1.165) is 22.1 Å². The van der Waals surface area contributed by atoms with Gasteiger partial charge in [-0.2, -0.15) is 4.31 Å². The first-order valence-electron chi connectivity index (χ1n) is 9.20. The van der Waals surface area contributed by atoms with E-state index < -0.39 is 26.6 Å². The Hall–Kier alpha value is -3.11. The maximum Gasteiger partial charge on any atom is 0.272 e. The number of aromatic nitrogens is 2. The SMILES string of the molecule is O=C(c1cncn1-c1ccccc1)N1CCN(S(=O)(=O)c2ccc(F)cc2F)CC1. The Bertz CT molecular complexity index is 1170. The molecule has 3 aromatic rings. The van der Waals surface area contributed by atoms with Crippen LogP contribution in [0.3, 0.4) is 0 Å². The highest BCUT2D eigenvalue weighted by molar-refractivity contribution is 7.89. The van der Waals surface area contributed by atoms with Crippen LogP contribution in [0, 0.1) is 11.6 Å². The number of nitrogens with zero attached hydrogens (tertiary/aromatic N) is 4. The van der Waals surface area contributed by atoms with E-state index in [1.165, 1.54) is 11.1 Å². The van der Waals surface area contributed by atoms with Crippen molar-refractivity contribution in [2.75, 3.05) is 26.2 Å². The summed E-state index contributed by atoms with van der Waals surface area (Å²) in [6.45, 7) is 0.288. The molecule has 1 fully saturated rings. The molecule has 0 atom stereocenters. The fraction of sp³-hybridized carbons (Fsp3) is 0.200. The van der Waals surface area contributed by atoms with Gasteiger partial charge in [0.15, 0.2) is 0 Å². The van der Waals surface area contributed by atoms with Crippen LogP contribution in [0.1, 0.15) is 10.5 Å². The number of hydrogen-bond acceptors (Lipinski definition) is 4. The summed E-state index contributed by atoms with van der Waals surface area (Å²) >= 11 is 0. The van der Waals surface area contributed by atoms with E-state index in [0.29, 0.717) is 11.8 Å². The first-order valence-corrected chi connectivity index (χ1v) is 10.6. The Morgan fingerprint density at radius 2 is 1.67 bits per heavy atom. The number of carbonyl (C=O) groups is 1. The Labute approximate surface area is 172 Å². The van der Waals surface area contributed by atoms with E-state index in [9.17, 15) is 22.0 Å². The highest BCUT2D eigenvalue weighted by Gasteiger charge is 2.33. The number of benzene rings is 2. The van der Waals surface area contributed by atoms with E-state index in [-0.39, 0.29) is 32.1 Å². The highest BCUT2D eigenvalue weighted by atomic mass is 32.2. The molecule has 2 heterocycles. The zero-order valence-corrected chi connectivity index (χ0v) is 16.6. The second kappa shape index (κ2) is 7.96. The van der Waals surface area contributed by atoms with Crippen LogP contribution in [0.2, 0.25) is 0 Å². The van der Waals surface area contributed by atoms with Gasteiger partial charge in [0.2, 0.25) is 10.0 Å². The van der Waals surface area contributed by atoms with Crippen molar-refractivity contribution in [3.63, 3.8) is 0 Å². The number of carbonyl (C=O) groups excluding carboxylic acids is 1. The van der Waals surface area contributed by atoms with Crippen LogP contribution in [-0.2, 0) is 10.0 Å². The molecule has 0 unspecified atom stereocenters. The molecule has 1 aliphatic rings. The van der Waals surface area contributed by atoms with Gasteiger partial charge in [-0.05, 0) is 24.3 Å². The zero-order chi connectivity index (χ0) is 21.3. The lowest BCUT2D eigenvalue weighted by atomic mass is 10.3. The van der Waals surface area contributed by atoms with Crippen LogP contribution in [0.4, 0.5) is 8.78 Å². The first kappa shape index (κ1) is 20.2. The number of para-hydroxylation sites is 1. The smallest absolute Gasteiger partial charge is 0.272 e. The molecular weight excluding hydrogens is 414 g/mol. The molecule has 0 aliphatic carbocycles. The number of hydrogen-bond donors (Lipinski definition) is 0. The van der Waals surface area contributed by atoms with Crippen LogP contribution in [0.5, 0.6) is 0 Å². The lowest BCUT2D eigenvalue weighted by Crippen LogP contribution is -2.50. The topological polar surface area (TPSA) is 75.5 Å². The predicted octanol–water partition coefficient (Wildman–Crippen LogP) is 2.30. The summed E-state index contributed by atoms with van der Waals surface area (Å²) in [5.41, 5.74) is 1.15. The number of piperazine rings is 1. The minimum Gasteiger partial charge on any atom is -0.335 e. The first-order chi connectivity index (χ1) is 14.4. The van der Waals surface area contributed by atoms with Gasteiger partial charge in [-0.3, -0.25) is 9.36 Å². The summed E-state index contributed by atoms with van der Waals surface area (Å²) < 4.78 is 55.3. The average molecular weight is 432 g/mol. The van der Waals surface area contributed by atoms with Gasteiger partial charge >= 0.3 is 0 Å². The molecule has 30 heavy (non-hydrogen) atoms. The Morgan fingerprint density at radius 3 is 2.33 bits per heavy atom. The van der Waals surface area contributed by atoms with E-state index in [1.54, 1.807) is 10.9 Å². The normalized spacial score (nSPS) is 15.3. The van der Waals surface area contributed by atoms with E-state index in [1.807, 2.05) is 30.3 Å². The summed E-state index contributed by atoms with van der Waals surface area (Å²) in [5, 5.41) is 0. The fourth-order valence-corrected chi connectivity index (χ4v) is 4.83. The summed E-state index contributed by atoms with van der Waals surface area (Å²) in [4.78, 5) is 18.0. The number of imidazole rings is 1. The van der Waals surface area contributed by atoms with Crippen LogP contribution < -0.4 is 0 Å². The molecule has 1 saturated heterocycles. The number of rotatable bonds is 4. The summed E-state index contributed by atoms with van der Waals surface area (Å²) in [7, 11) is -4.13. The van der Waals surface area contributed by atoms with Crippen molar-refractivity contribution in [1.29, 1.82) is 0 Å². The highest BCUT2D eigenvalue weighted by Crippen LogP contribution is 2.22. The van der Waals surface area contributed by atoms with E-state index >= 15 is 0 Å². The summed E-state index contributed by atoms with van der Waals surface area (Å²) in [5.74, 6) is -2.27.